The maximum absolute atomic E-state index is 13.5. The third-order valence-electron chi connectivity index (χ3n) is 6.64. The van der Waals surface area contributed by atoms with E-state index in [0.29, 0.717) is 40.9 Å². The number of β-lactam (4-membered cyclic amide) rings is 1. The molecule has 4 heterocycles. The van der Waals surface area contributed by atoms with Crippen molar-refractivity contribution in [1.29, 1.82) is 0 Å². The maximum atomic E-state index is 13.5. The zero-order valence-corrected chi connectivity index (χ0v) is 29.1. The van der Waals surface area contributed by atoms with Gasteiger partial charge < -0.3 is 25.5 Å². The molecule has 1 saturated heterocycles. The summed E-state index contributed by atoms with van der Waals surface area (Å²) in [6.07, 6.45) is 2.82. The van der Waals surface area contributed by atoms with Crippen molar-refractivity contribution in [1.82, 2.24) is 50.4 Å². The number of ether oxygens (including phenoxy) is 2. The third-order valence-corrected chi connectivity index (χ3v) is 9.03. The predicted octanol–water partition coefficient (Wildman–Crippen LogP) is 0.385. The van der Waals surface area contributed by atoms with Crippen LogP contribution in [-0.2, 0) is 41.6 Å². The molecule has 0 bridgehead atoms. The molecule has 1 unspecified atom stereocenters. The van der Waals surface area contributed by atoms with E-state index in [2.05, 4.69) is 31.0 Å². The molecule has 21 heteroatoms. The van der Waals surface area contributed by atoms with E-state index < -0.39 is 41.5 Å². The van der Waals surface area contributed by atoms with Crippen LogP contribution in [0.4, 0.5) is 0 Å². The summed E-state index contributed by atoms with van der Waals surface area (Å²) in [4.78, 5) is 55.9. The number of esters is 2. The van der Waals surface area contributed by atoms with Gasteiger partial charge in [0, 0.05) is 31.4 Å². The zero-order chi connectivity index (χ0) is 31.8. The Morgan fingerprint density at radius 3 is 2.67 bits per heavy atom. The monoisotopic (exact) mass is 723 g/mol. The highest BCUT2D eigenvalue weighted by Gasteiger charge is 2.54. The van der Waals surface area contributed by atoms with Crippen LogP contribution in [-0.4, -0.2) is 119 Å². The number of nitrogens with one attached hydrogen (secondary N) is 1. The predicted molar refractivity (Wildman–Crippen MR) is 173 cm³/mol. The molecule has 2 aromatic heterocycles. The van der Waals surface area contributed by atoms with Crippen molar-refractivity contribution >= 4 is 72.1 Å². The summed E-state index contributed by atoms with van der Waals surface area (Å²) < 4.78 is 12.5. The smallest absolute Gasteiger partial charge is 0.358 e. The summed E-state index contributed by atoms with van der Waals surface area (Å²) in [7, 11) is 3.90. The van der Waals surface area contributed by atoms with E-state index in [9.17, 15) is 19.2 Å². The number of hydrogen-bond donors (Lipinski definition) is 2. The summed E-state index contributed by atoms with van der Waals surface area (Å²) in [5.41, 5.74) is 1.03. The molecule has 3 N–H and O–H groups in total. The molecule has 1 fully saturated rings. The Morgan fingerprint density at radius 2 is 2.00 bits per heavy atom. The van der Waals surface area contributed by atoms with E-state index in [0.717, 1.165) is 24.3 Å². The van der Waals surface area contributed by atoms with E-state index >= 15 is 0 Å². The highest BCUT2D eigenvalue weighted by Crippen LogP contribution is 2.42. The first kappa shape index (κ1) is 39.1. The molecule has 0 aromatic carbocycles. The van der Waals surface area contributed by atoms with Gasteiger partial charge in [-0.3, -0.25) is 19.3 Å². The molecule has 4 rings (SSSR count). The molecular formula is C25H39Cl2N11O6S2. The summed E-state index contributed by atoms with van der Waals surface area (Å²) in [5.74, 6) is 3.95. The van der Waals surface area contributed by atoms with E-state index in [1.165, 1.54) is 41.5 Å². The number of rotatable bonds is 16. The Kier molecular flexibility index (Phi) is 15.5. The Labute approximate surface area is 286 Å². The van der Waals surface area contributed by atoms with Gasteiger partial charge in [-0.25, -0.2) is 9.48 Å². The molecule has 2 aliphatic rings. The number of halogens is 2. The SMILES string of the molecule is CCCCCC(=O)OC(C)OC(=O)C1=C(CSc2nnnn2CCN(C)C)CS[C@H]2[C@H](NC(=O)Cc3cnn(N)n3)C(=O)N12.Cl.Cl. The largest absolute Gasteiger partial charge is 0.425 e. The minimum Gasteiger partial charge on any atom is -0.425 e. The molecule has 2 aliphatic heterocycles. The minimum absolute atomic E-state index is 0. The number of hydrogen-bond acceptors (Lipinski definition) is 15. The molecular weight excluding hydrogens is 685 g/mol. The fraction of sp³-hybridized carbons (Fsp3) is 0.640. The number of nitrogen functional groups attached to an aromatic ring is 1. The molecule has 2 aromatic rings. The molecule has 17 nitrogen and oxygen atoms in total. The number of aromatic nitrogens is 7. The molecule has 256 valence electrons. The van der Waals surface area contributed by atoms with Crippen molar-refractivity contribution in [2.75, 3.05) is 38.0 Å². The Balaban J connectivity index is 0.00000368. The summed E-state index contributed by atoms with van der Waals surface area (Å²) >= 11 is 2.74. The first-order chi connectivity index (χ1) is 21.1. The first-order valence-electron chi connectivity index (χ1n) is 14.1. The average Bonchev–Trinajstić information content (AvgIpc) is 3.60. The summed E-state index contributed by atoms with van der Waals surface area (Å²) in [6, 6.07) is -0.857. The van der Waals surface area contributed by atoms with Gasteiger partial charge in [-0.15, -0.1) is 51.9 Å². The quantitative estimate of drug-likeness (QED) is 0.0600. The molecule has 2 amide bonds. The number of carbonyl (C=O) groups is 4. The third kappa shape index (κ3) is 10.2. The fourth-order valence-electron chi connectivity index (χ4n) is 4.44. The maximum Gasteiger partial charge on any atom is 0.358 e. The van der Waals surface area contributed by atoms with Crippen LogP contribution in [0.25, 0.3) is 0 Å². The number of thioether (sulfide) groups is 2. The van der Waals surface area contributed by atoms with Crippen molar-refractivity contribution in [3.8, 4) is 0 Å². The second kappa shape index (κ2) is 18.3. The Bertz CT molecular complexity index is 1390. The summed E-state index contributed by atoms with van der Waals surface area (Å²) in [6.45, 7) is 4.78. The van der Waals surface area contributed by atoms with Gasteiger partial charge >= 0.3 is 11.9 Å². The van der Waals surface area contributed by atoms with Crippen LogP contribution >= 0.6 is 48.3 Å². The van der Waals surface area contributed by atoms with Gasteiger partial charge in [0.2, 0.25) is 17.4 Å². The van der Waals surface area contributed by atoms with Crippen molar-refractivity contribution in [2.24, 2.45) is 0 Å². The van der Waals surface area contributed by atoms with Crippen LogP contribution in [0.15, 0.2) is 22.6 Å². The topological polar surface area (TPSA) is 206 Å². The number of amides is 2. The van der Waals surface area contributed by atoms with Crippen LogP contribution < -0.4 is 11.2 Å². The van der Waals surface area contributed by atoms with Crippen LogP contribution in [0.3, 0.4) is 0 Å². The van der Waals surface area contributed by atoms with Gasteiger partial charge in [0.05, 0.1) is 24.9 Å². The van der Waals surface area contributed by atoms with E-state index in [1.807, 2.05) is 25.9 Å². The van der Waals surface area contributed by atoms with E-state index in [1.54, 1.807) is 4.68 Å². The standard InChI is InChI=1S/C25H37N11O6S2.2ClH/c1-5-6-7-8-19(38)41-15(2)42-24(40)21-16(14-44-25-29-31-32-34(25)10-9-33(3)4)13-43-23-20(22(39)35(21)23)28-18(37)11-17-12-27-36(26)30-17;;/h12,15,20,23H,5-11,13-14,26H2,1-4H3,(H,28,37);2*1H/t15?,20-,23+;;/m1../s1. The van der Waals surface area contributed by atoms with Gasteiger partial charge in [0.25, 0.3) is 5.91 Å². The van der Waals surface area contributed by atoms with Crippen molar-refractivity contribution < 1.29 is 28.7 Å². The number of fused-ring (bicyclic) bond motifs is 1. The molecule has 0 spiro atoms. The minimum atomic E-state index is -1.16. The second-order valence-corrected chi connectivity index (χ2v) is 12.5. The van der Waals surface area contributed by atoms with Crippen molar-refractivity contribution in [3.05, 3.63) is 23.2 Å². The fourth-order valence-corrected chi connectivity index (χ4v) is 6.83. The van der Waals surface area contributed by atoms with Crippen LogP contribution in [0.2, 0.25) is 0 Å². The molecule has 46 heavy (non-hydrogen) atoms. The molecule has 0 radical (unpaired) electrons. The number of nitrogens with two attached hydrogens (primary N) is 1. The normalized spacial score (nSPS) is 17.8. The van der Waals surface area contributed by atoms with Gasteiger partial charge in [0.1, 0.15) is 17.1 Å². The van der Waals surface area contributed by atoms with E-state index in [4.69, 9.17) is 15.3 Å². The average molecular weight is 725 g/mol. The van der Waals surface area contributed by atoms with Gasteiger partial charge in [-0.1, -0.05) is 36.4 Å². The summed E-state index contributed by atoms with van der Waals surface area (Å²) in [5, 5.41) is 22.3. The first-order valence-corrected chi connectivity index (χ1v) is 16.2. The lowest BCUT2D eigenvalue weighted by molar-refractivity contribution is -0.184. The lowest BCUT2D eigenvalue weighted by atomic mass is 10.0. The number of tetrazole rings is 1. The van der Waals surface area contributed by atoms with E-state index in [-0.39, 0.29) is 43.4 Å². The number of nitrogens with zero attached hydrogens (tertiary/aromatic N) is 9. The van der Waals surface area contributed by atoms with Crippen molar-refractivity contribution in [3.63, 3.8) is 0 Å². The second-order valence-electron chi connectivity index (χ2n) is 10.4. The Morgan fingerprint density at radius 1 is 1.24 bits per heavy atom. The number of carbonyl (C=O) groups excluding carboxylic acids is 4. The van der Waals surface area contributed by atoms with Crippen molar-refractivity contribution in [2.45, 2.75) is 75.4 Å². The van der Waals surface area contributed by atoms with Gasteiger partial charge in [-0.05, 0) is 36.5 Å². The zero-order valence-electron chi connectivity index (χ0n) is 25.9. The van der Waals surface area contributed by atoms with Gasteiger partial charge in [-0.2, -0.15) is 0 Å². The van der Waals surface area contributed by atoms with Crippen LogP contribution in [0.1, 0.15) is 45.2 Å². The lowest BCUT2D eigenvalue weighted by Gasteiger charge is -2.49. The Hall–Kier alpha value is -3.13. The molecule has 3 atom stereocenters. The van der Waals surface area contributed by atoms with Crippen LogP contribution in [0.5, 0.6) is 0 Å². The van der Waals surface area contributed by atoms with Gasteiger partial charge in [0.15, 0.2) is 0 Å². The highest BCUT2D eigenvalue weighted by atomic mass is 35.5. The van der Waals surface area contributed by atoms with Crippen LogP contribution in [0, 0.1) is 0 Å². The molecule has 0 aliphatic carbocycles. The number of unbranched alkanes of at least 4 members (excludes halogenated alkanes) is 2. The highest BCUT2D eigenvalue weighted by molar-refractivity contribution is 8.01. The lowest BCUT2D eigenvalue weighted by Crippen LogP contribution is -2.70. The molecule has 0 saturated carbocycles. The number of likely N-dealkylation sites (N-methyl/N-ethyl adjacent to an activating group) is 1.